The summed E-state index contributed by atoms with van der Waals surface area (Å²) in [5.74, 6) is -1.07. The molecule has 2 aliphatic rings. The normalized spacial score (nSPS) is 25.0. The highest BCUT2D eigenvalue weighted by atomic mass is 19.1. The van der Waals surface area contributed by atoms with Gasteiger partial charge in [-0.15, -0.1) is 0 Å². The molecule has 4 rings (SSSR count). The highest BCUT2D eigenvalue weighted by Crippen LogP contribution is 2.41. The summed E-state index contributed by atoms with van der Waals surface area (Å²) >= 11 is 0. The lowest BCUT2D eigenvalue weighted by Crippen LogP contribution is -2.68. The number of guanidine groups is 1. The minimum Gasteiger partial charge on any atom is -0.424 e. The van der Waals surface area contributed by atoms with E-state index in [1.807, 2.05) is 0 Å². The van der Waals surface area contributed by atoms with E-state index >= 15 is 0 Å². The molecule has 2 aliphatic heterocycles. The fourth-order valence-electron chi connectivity index (χ4n) is 3.56. The highest BCUT2D eigenvalue weighted by Gasteiger charge is 2.53. The van der Waals surface area contributed by atoms with Crippen LogP contribution in [0.1, 0.15) is 12.0 Å². The molecule has 2 aromatic rings. The minimum atomic E-state index is -1.17. The molecule has 2 saturated heterocycles. The fourth-order valence-corrected chi connectivity index (χ4v) is 3.56. The van der Waals surface area contributed by atoms with Gasteiger partial charge in [-0.2, -0.15) is 0 Å². The number of amides is 1. The van der Waals surface area contributed by atoms with Gasteiger partial charge in [-0.05, 0) is 30.7 Å². The van der Waals surface area contributed by atoms with E-state index in [0.717, 1.165) is 0 Å². The molecule has 0 aliphatic carbocycles. The zero-order chi connectivity index (χ0) is 19.0. The topological polar surface area (TPSA) is 100 Å². The van der Waals surface area contributed by atoms with Crippen molar-refractivity contribution in [3.63, 3.8) is 0 Å². The summed E-state index contributed by atoms with van der Waals surface area (Å²) in [6, 6.07) is 6.02. The molecule has 1 aromatic carbocycles. The maximum absolute atomic E-state index is 14.8. The van der Waals surface area contributed by atoms with Crippen LogP contribution in [-0.4, -0.2) is 47.0 Å². The molecule has 2 N–H and O–H groups in total. The smallest absolute Gasteiger partial charge is 0.321 e. The van der Waals surface area contributed by atoms with E-state index in [9.17, 15) is 9.18 Å². The molecule has 140 valence electrons. The van der Waals surface area contributed by atoms with Crippen LogP contribution in [0.15, 0.2) is 36.7 Å². The van der Waals surface area contributed by atoms with Crippen molar-refractivity contribution in [2.24, 2.45) is 5.92 Å². The zero-order valence-electron chi connectivity index (χ0n) is 14.6. The number of rotatable bonds is 3. The van der Waals surface area contributed by atoms with Crippen molar-refractivity contribution < 1.29 is 18.7 Å². The first-order chi connectivity index (χ1) is 13.0. The molecule has 27 heavy (non-hydrogen) atoms. The number of benzene rings is 1. The van der Waals surface area contributed by atoms with Crippen molar-refractivity contribution in [1.82, 2.24) is 20.2 Å². The standard InChI is InChI=1S/C18H18FN5O3/c1-24-15(25)12-5-8-26-10-18(12,23-16(24)20)13-9-11(3-4-14(13)19)27-17-21-6-2-7-22-17/h2-4,6-7,9,12H,5,8,10H2,1H3,(H2,20,23)/t12-,18-/m0/s1. The van der Waals surface area contributed by atoms with Crippen LogP contribution < -0.4 is 10.1 Å². The van der Waals surface area contributed by atoms with Gasteiger partial charge in [0.05, 0.1) is 12.5 Å². The van der Waals surface area contributed by atoms with Crippen LogP contribution in [0.3, 0.4) is 0 Å². The number of carbonyl (C=O) groups excluding carboxylic acids is 1. The Balaban J connectivity index is 1.77. The summed E-state index contributed by atoms with van der Waals surface area (Å²) in [7, 11) is 1.53. The molecule has 1 aromatic heterocycles. The molecule has 2 fully saturated rings. The average molecular weight is 371 g/mol. The molecular weight excluding hydrogens is 353 g/mol. The van der Waals surface area contributed by atoms with Gasteiger partial charge in [0, 0.05) is 31.6 Å². The van der Waals surface area contributed by atoms with E-state index in [2.05, 4.69) is 15.3 Å². The maximum atomic E-state index is 14.8. The quantitative estimate of drug-likeness (QED) is 0.851. The predicted octanol–water partition coefficient (Wildman–Crippen LogP) is 1.64. The second-order valence-electron chi connectivity index (χ2n) is 6.51. The maximum Gasteiger partial charge on any atom is 0.321 e. The Morgan fingerprint density at radius 2 is 2.19 bits per heavy atom. The number of halogens is 1. The van der Waals surface area contributed by atoms with Crippen LogP contribution in [0.5, 0.6) is 11.8 Å². The molecule has 0 radical (unpaired) electrons. The molecule has 0 unspecified atom stereocenters. The van der Waals surface area contributed by atoms with Crippen molar-refractivity contribution in [3.05, 3.63) is 48.0 Å². The Hall–Kier alpha value is -3.07. The number of hydrogen-bond acceptors (Lipinski definition) is 6. The third-order valence-corrected chi connectivity index (χ3v) is 4.95. The van der Waals surface area contributed by atoms with Gasteiger partial charge < -0.3 is 14.8 Å². The Morgan fingerprint density at radius 3 is 2.96 bits per heavy atom. The fraction of sp³-hybridized carbons (Fsp3) is 0.333. The molecule has 1 amide bonds. The third-order valence-electron chi connectivity index (χ3n) is 4.95. The minimum absolute atomic E-state index is 0.0713. The summed E-state index contributed by atoms with van der Waals surface area (Å²) in [5, 5.41) is 11.1. The first-order valence-electron chi connectivity index (χ1n) is 8.48. The first kappa shape index (κ1) is 17.3. The van der Waals surface area contributed by atoms with Crippen molar-refractivity contribution in [2.45, 2.75) is 12.0 Å². The van der Waals surface area contributed by atoms with Gasteiger partial charge >= 0.3 is 6.01 Å². The molecule has 0 bridgehead atoms. The predicted molar refractivity (Wildman–Crippen MR) is 92.7 cm³/mol. The SMILES string of the molecule is CN1C(=N)N[C@@]2(c3cc(Oc4ncccn4)ccc3F)COCC[C@H]2C1=O. The average Bonchev–Trinajstić information content (AvgIpc) is 2.68. The number of ether oxygens (including phenoxy) is 2. The second-order valence-corrected chi connectivity index (χ2v) is 6.51. The second kappa shape index (κ2) is 6.58. The van der Waals surface area contributed by atoms with Crippen molar-refractivity contribution in [3.8, 4) is 11.8 Å². The molecule has 3 heterocycles. The number of nitrogens with zero attached hydrogens (tertiary/aromatic N) is 3. The summed E-state index contributed by atoms with van der Waals surface area (Å²) in [6.07, 6.45) is 3.50. The van der Waals surface area contributed by atoms with Gasteiger partial charge in [-0.1, -0.05) is 0 Å². The van der Waals surface area contributed by atoms with Gasteiger partial charge in [-0.3, -0.25) is 15.1 Å². The zero-order valence-corrected chi connectivity index (χ0v) is 14.6. The van der Waals surface area contributed by atoms with E-state index in [1.54, 1.807) is 6.07 Å². The number of aromatic nitrogens is 2. The third kappa shape index (κ3) is 2.89. The van der Waals surface area contributed by atoms with E-state index in [1.165, 1.54) is 42.5 Å². The largest absolute Gasteiger partial charge is 0.424 e. The highest BCUT2D eigenvalue weighted by molar-refractivity contribution is 6.00. The van der Waals surface area contributed by atoms with Crippen molar-refractivity contribution in [1.29, 1.82) is 5.41 Å². The number of nitrogens with one attached hydrogen (secondary N) is 2. The van der Waals surface area contributed by atoms with Crippen LogP contribution >= 0.6 is 0 Å². The summed E-state index contributed by atoms with van der Waals surface area (Å²) in [4.78, 5) is 22.0. The molecule has 8 nitrogen and oxygen atoms in total. The van der Waals surface area contributed by atoms with E-state index in [0.29, 0.717) is 18.8 Å². The Kier molecular flexibility index (Phi) is 4.23. The summed E-state index contributed by atoms with van der Waals surface area (Å²) in [5.41, 5.74) is -0.952. The van der Waals surface area contributed by atoms with Gasteiger partial charge in [0.2, 0.25) is 5.91 Å². The van der Waals surface area contributed by atoms with E-state index in [-0.39, 0.29) is 30.0 Å². The van der Waals surface area contributed by atoms with Crippen LogP contribution in [0.4, 0.5) is 4.39 Å². The molecule has 2 atom stereocenters. The van der Waals surface area contributed by atoms with Crippen LogP contribution in [0.2, 0.25) is 0 Å². The molecular formula is C18H18FN5O3. The number of carbonyl (C=O) groups is 1. The van der Waals surface area contributed by atoms with Crippen LogP contribution in [0, 0.1) is 17.1 Å². The lowest BCUT2D eigenvalue weighted by Gasteiger charge is -2.49. The number of hydrogen-bond donors (Lipinski definition) is 2. The Bertz CT molecular complexity index is 894. The van der Waals surface area contributed by atoms with Crippen LogP contribution in [0.25, 0.3) is 0 Å². The molecule has 0 spiro atoms. The monoisotopic (exact) mass is 371 g/mol. The van der Waals surface area contributed by atoms with Gasteiger partial charge in [0.1, 0.15) is 17.1 Å². The first-order valence-corrected chi connectivity index (χ1v) is 8.48. The summed E-state index contributed by atoms with van der Waals surface area (Å²) < 4.78 is 26.0. The molecule has 0 saturated carbocycles. The van der Waals surface area contributed by atoms with E-state index < -0.39 is 17.3 Å². The summed E-state index contributed by atoms with van der Waals surface area (Å²) in [6.45, 7) is 0.471. The van der Waals surface area contributed by atoms with Crippen molar-refractivity contribution >= 4 is 11.9 Å². The lowest BCUT2D eigenvalue weighted by molar-refractivity contribution is -0.143. The van der Waals surface area contributed by atoms with Crippen LogP contribution in [-0.2, 0) is 15.1 Å². The molecule has 9 heteroatoms. The van der Waals surface area contributed by atoms with E-state index in [4.69, 9.17) is 14.9 Å². The van der Waals surface area contributed by atoms with Gasteiger partial charge in [-0.25, -0.2) is 14.4 Å². The Morgan fingerprint density at radius 1 is 1.41 bits per heavy atom. The van der Waals surface area contributed by atoms with Gasteiger partial charge in [0.15, 0.2) is 5.96 Å². The van der Waals surface area contributed by atoms with Gasteiger partial charge in [0.25, 0.3) is 0 Å². The van der Waals surface area contributed by atoms with Crippen molar-refractivity contribution in [2.75, 3.05) is 20.3 Å². The number of fused-ring (bicyclic) bond motifs is 1. The Labute approximate surface area is 154 Å². The lowest BCUT2D eigenvalue weighted by atomic mass is 9.73.